The molecule has 1 aliphatic carbocycles. The van der Waals surface area contributed by atoms with Crippen molar-refractivity contribution in [2.45, 2.75) is 102 Å². The van der Waals surface area contributed by atoms with Gasteiger partial charge >= 0.3 is 6.01 Å². The minimum atomic E-state index is -1.01. The summed E-state index contributed by atoms with van der Waals surface area (Å²) < 4.78 is 69.0. The first-order valence-electron chi connectivity index (χ1n) is 24.3. The fraction of sp³-hybridized carbons (Fsp3) is 0.519. The molecule has 12 nitrogen and oxygen atoms in total. The van der Waals surface area contributed by atoms with Crippen LogP contribution < -0.4 is 15.0 Å². The van der Waals surface area contributed by atoms with Crippen LogP contribution in [0.3, 0.4) is 0 Å². The van der Waals surface area contributed by atoms with Gasteiger partial charge < -0.3 is 29.6 Å². The lowest BCUT2D eigenvalue weighted by molar-refractivity contribution is -0.134. The maximum absolute atomic E-state index is 17.1. The third-order valence-electron chi connectivity index (χ3n) is 15.7. The highest BCUT2D eigenvalue weighted by Gasteiger charge is 2.47. The molecule has 6 heterocycles. The fourth-order valence-corrected chi connectivity index (χ4v) is 11.5. The van der Waals surface area contributed by atoms with E-state index in [0.29, 0.717) is 78.5 Å². The zero-order chi connectivity index (χ0) is 47.5. The van der Waals surface area contributed by atoms with E-state index in [1.165, 1.54) is 36.5 Å². The third kappa shape index (κ3) is 9.23. The van der Waals surface area contributed by atoms with E-state index in [1.807, 2.05) is 11.8 Å². The van der Waals surface area contributed by atoms with Crippen molar-refractivity contribution >= 4 is 39.3 Å². The minimum absolute atomic E-state index is 0.00753. The average Bonchev–Trinajstić information content (AvgIpc) is 4.08. The van der Waals surface area contributed by atoms with Crippen LogP contribution in [0.2, 0.25) is 0 Å². The van der Waals surface area contributed by atoms with Gasteiger partial charge in [-0.1, -0.05) is 13.0 Å². The van der Waals surface area contributed by atoms with Gasteiger partial charge in [-0.05, 0) is 161 Å². The number of aliphatic hydroxyl groups is 1. The number of piperidine rings is 4. The van der Waals surface area contributed by atoms with E-state index < -0.39 is 46.6 Å². The van der Waals surface area contributed by atoms with Crippen LogP contribution in [0.15, 0.2) is 42.6 Å². The summed E-state index contributed by atoms with van der Waals surface area (Å²) in [4.78, 5) is 44.8. The van der Waals surface area contributed by atoms with Crippen molar-refractivity contribution in [1.29, 1.82) is 0 Å². The number of β-amino-alcohol motifs (C(OH)–C–C–N with tert-alkyl or cyclic N) is 1. The summed E-state index contributed by atoms with van der Waals surface area (Å²) in [5, 5.41) is 25.4. The molecule has 0 bridgehead atoms. The number of phenols is 1. The van der Waals surface area contributed by atoms with Crippen LogP contribution in [0.25, 0.3) is 32.9 Å². The number of hydrogen-bond donors (Lipinski definition) is 3. The summed E-state index contributed by atoms with van der Waals surface area (Å²) in [5.74, 6) is -4.42. The number of aromatic hydroxyl groups is 1. The monoisotopic (exact) mass is 937 g/mol. The zero-order valence-electron chi connectivity index (χ0n) is 38.8. The lowest BCUT2D eigenvalue weighted by atomic mass is 9.71. The molecule has 5 fully saturated rings. The number of carbonyl (C=O) groups is 2. The Morgan fingerprint density at radius 2 is 1.60 bits per heavy atom. The summed E-state index contributed by atoms with van der Waals surface area (Å²) >= 11 is 0. The number of carbonyl (C=O) groups excluding carboxylic acids is 2. The number of pyridine rings is 1. The first kappa shape index (κ1) is 46.3. The highest BCUT2D eigenvalue weighted by Crippen LogP contribution is 2.49. The Hall–Kier alpha value is -5.45. The fourth-order valence-electron chi connectivity index (χ4n) is 11.5. The second-order valence-electron chi connectivity index (χ2n) is 20.6. The first-order chi connectivity index (χ1) is 32.6. The molecule has 0 radical (unpaired) electrons. The minimum Gasteiger partial charge on any atom is -0.508 e. The molecule has 3 aromatic carbocycles. The molecule has 5 aromatic rings. The summed E-state index contributed by atoms with van der Waals surface area (Å²) in [5.41, 5.74) is 0.0381. The number of ether oxygens (including phenoxy) is 1. The molecular weight excluding hydrogens is 879 g/mol. The summed E-state index contributed by atoms with van der Waals surface area (Å²) in [6, 6.07) is 8.54. The number of phenolic OH excluding ortho intramolecular Hbond substituents is 1. The van der Waals surface area contributed by atoms with E-state index in [4.69, 9.17) is 9.72 Å². The van der Waals surface area contributed by atoms with Gasteiger partial charge in [0.25, 0.3) is 0 Å². The Morgan fingerprint density at radius 1 is 0.882 bits per heavy atom. The number of anilines is 1. The lowest BCUT2D eigenvalue weighted by Crippen LogP contribution is -2.48. The van der Waals surface area contributed by atoms with Crippen molar-refractivity contribution < 1.29 is 42.1 Å². The number of halogens is 4. The van der Waals surface area contributed by atoms with Crippen molar-refractivity contribution in [1.82, 2.24) is 30.1 Å². The molecule has 16 heteroatoms. The van der Waals surface area contributed by atoms with E-state index in [0.717, 1.165) is 71.2 Å². The van der Waals surface area contributed by atoms with E-state index in [2.05, 4.69) is 25.1 Å². The topological polar surface area (TPSA) is 144 Å². The molecule has 1 unspecified atom stereocenters. The largest absolute Gasteiger partial charge is 0.508 e. The number of imide groups is 1. The second-order valence-corrected chi connectivity index (χ2v) is 20.6. The van der Waals surface area contributed by atoms with Gasteiger partial charge in [0.2, 0.25) is 11.8 Å². The van der Waals surface area contributed by atoms with Crippen molar-refractivity contribution in [3.05, 3.63) is 82.6 Å². The number of fused-ring (bicyclic) bond motifs is 2. The van der Waals surface area contributed by atoms with Crippen LogP contribution in [0.5, 0.6) is 11.8 Å². The molecular formula is C52H59F4N7O5. The molecule has 10 rings (SSSR count). The number of likely N-dealkylation sites (tertiary alicyclic amines) is 2. The van der Waals surface area contributed by atoms with Crippen LogP contribution >= 0.6 is 0 Å². The molecule has 4 saturated heterocycles. The maximum atomic E-state index is 17.1. The molecule has 68 heavy (non-hydrogen) atoms. The van der Waals surface area contributed by atoms with Crippen molar-refractivity contribution in [3.8, 4) is 23.0 Å². The Morgan fingerprint density at radius 3 is 2.28 bits per heavy atom. The number of amides is 2. The van der Waals surface area contributed by atoms with Gasteiger partial charge in [-0.2, -0.15) is 9.97 Å². The van der Waals surface area contributed by atoms with Gasteiger partial charge in [-0.15, -0.1) is 0 Å². The average molecular weight is 938 g/mol. The smallest absolute Gasteiger partial charge is 0.319 e. The number of nitrogens with one attached hydrogen (secondary N) is 1. The van der Waals surface area contributed by atoms with Gasteiger partial charge in [0.05, 0.1) is 23.5 Å². The van der Waals surface area contributed by atoms with Crippen LogP contribution in [0.4, 0.5) is 23.4 Å². The van der Waals surface area contributed by atoms with Gasteiger partial charge in [0.15, 0.2) is 5.82 Å². The van der Waals surface area contributed by atoms with Crippen LogP contribution in [0.1, 0.15) is 101 Å². The number of aromatic nitrogens is 3. The quantitative estimate of drug-likeness (QED) is 0.0825. The molecule has 3 N–H and O–H groups in total. The van der Waals surface area contributed by atoms with E-state index in [-0.39, 0.29) is 64.3 Å². The molecule has 5 aliphatic rings. The number of nitrogens with zero attached hydrogens (tertiary/aromatic N) is 6. The number of benzene rings is 3. The normalized spacial score (nSPS) is 23.1. The van der Waals surface area contributed by atoms with Gasteiger partial charge in [-0.25, -0.2) is 17.6 Å². The van der Waals surface area contributed by atoms with Crippen LogP contribution in [-0.4, -0.2) is 111 Å². The summed E-state index contributed by atoms with van der Waals surface area (Å²) in [6.07, 6.45) is 10.1. The third-order valence-corrected chi connectivity index (χ3v) is 15.7. The van der Waals surface area contributed by atoms with Crippen LogP contribution in [0, 0.1) is 34.1 Å². The highest BCUT2D eigenvalue weighted by molar-refractivity contribution is 6.02. The number of hydrogen-bond acceptors (Lipinski definition) is 11. The van der Waals surface area contributed by atoms with Crippen molar-refractivity contribution in [2.75, 3.05) is 63.9 Å². The van der Waals surface area contributed by atoms with Gasteiger partial charge in [0, 0.05) is 55.3 Å². The number of aryl methyl sites for hydroxylation is 1. The maximum Gasteiger partial charge on any atom is 0.319 e. The Kier molecular flexibility index (Phi) is 12.3. The standard InChI is InChI=1S/C52H59F4N7O5/c1-3-34-38(53)7-5-32-25-33(64)26-36(42(32)34)45-44(56)46-37(27-57-45)47(63-17-4-10-50(2,67)28-63)60-49(59-46)68-30-52(11-12-52)29-62-21-15-51(16-22-62)13-19-61(20-14-51)18-9-31-23-39(54)43(40(55)24-31)35-6-8-41(65)58-48(35)66/h5,7,23-27,35,64,67H,3-4,6,8-22,28-30H2,1-2H3,(H,58,65,66)/t35?,50-/m1/s1. The lowest BCUT2D eigenvalue weighted by Gasteiger charge is -2.47. The molecule has 2 atom stereocenters. The molecule has 2 aromatic heterocycles. The Balaban J connectivity index is 0.792. The summed E-state index contributed by atoms with van der Waals surface area (Å²) in [7, 11) is 0. The zero-order valence-corrected chi connectivity index (χ0v) is 38.8. The molecule has 2 amide bonds. The van der Waals surface area contributed by atoms with Gasteiger partial charge in [-0.3, -0.25) is 19.9 Å². The summed E-state index contributed by atoms with van der Waals surface area (Å²) in [6.45, 7) is 10.2. The van der Waals surface area contributed by atoms with E-state index >= 15 is 17.6 Å². The van der Waals surface area contributed by atoms with Crippen molar-refractivity contribution in [3.63, 3.8) is 0 Å². The van der Waals surface area contributed by atoms with Crippen molar-refractivity contribution in [2.24, 2.45) is 10.8 Å². The predicted octanol–water partition coefficient (Wildman–Crippen LogP) is 8.12. The van der Waals surface area contributed by atoms with Crippen LogP contribution in [-0.2, 0) is 22.4 Å². The van der Waals surface area contributed by atoms with E-state index in [9.17, 15) is 19.8 Å². The predicted molar refractivity (Wildman–Crippen MR) is 249 cm³/mol. The molecule has 4 aliphatic heterocycles. The van der Waals surface area contributed by atoms with Gasteiger partial charge in [0.1, 0.15) is 40.2 Å². The number of rotatable bonds is 12. The van der Waals surface area contributed by atoms with E-state index in [1.54, 1.807) is 13.0 Å². The SMILES string of the molecule is CCc1c(F)ccc2cc(O)cc(-c3ncc4c(N5CCC[C@@](C)(O)C5)nc(OCC5(CN6CCC7(CCN(CCc8cc(F)c(C9CCC(=O)NC9=O)c(F)c8)CC7)CC6)CC5)nc4c3F)c12. The first-order valence-corrected chi connectivity index (χ1v) is 24.3. The highest BCUT2D eigenvalue weighted by atomic mass is 19.1. The second kappa shape index (κ2) is 18.1. The Bertz CT molecular complexity index is 2760. The molecule has 1 spiro atoms. The molecule has 1 saturated carbocycles. The molecule has 360 valence electrons. The Labute approximate surface area is 393 Å².